The number of aromatic amines is 2. The smallest absolute Gasteiger partial charge is 0.175 e. The Bertz CT molecular complexity index is 1060. The van der Waals surface area contributed by atoms with Crippen molar-refractivity contribution in [1.82, 2.24) is 9.97 Å². The molecule has 0 unspecified atom stereocenters. The molecule has 0 atom stereocenters. The van der Waals surface area contributed by atoms with E-state index in [2.05, 4.69) is 60.4 Å². The topological polar surface area (TPSA) is 55.6 Å². The molecule has 4 N–H and O–H groups in total. The number of nitrogens with one attached hydrogen (secondary N) is 4. The molecule has 0 bridgehead atoms. The zero-order valence-electron chi connectivity index (χ0n) is 15.4. The Hall–Kier alpha value is -2.79. The van der Waals surface area contributed by atoms with Crippen molar-refractivity contribution in [1.29, 1.82) is 0 Å². The minimum atomic E-state index is 0.569. The number of aromatic nitrogens is 2. The summed E-state index contributed by atoms with van der Waals surface area (Å²) in [6.07, 6.45) is 0. The van der Waals surface area contributed by atoms with Crippen LogP contribution in [0.25, 0.3) is 21.8 Å². The van der Waals surface area contributed by atoms with Gasteiger partial charge in [0.2, 0.25) is 0 Å². The molecule has 0 radical (unpaired) electrons. The van der Waals surface area contributed by atoms with Crippen LogP contribution in [0.3, 0.4) is 0 Å². The van der Waals surface area contributed by atoms with E-state index in [9.17, 15) is 0 Å². The first-order valence-corrected chi connectivity index (χ1v) is 9.10. The Balaban J connectivity index is 1.64. The zero-order chi connectivity index (χ0) is 18.4. The van der Waals surface area contributed by atoms with Gasteiger partial charge in [-0.1, -0.05) is 24.3 Å². The summed E-state index contributed by atoms with van der Waals surface area (Å²) >= 11 is 5.57. The summed E-state index contributed by atoms with van der Waals surface area (Å²) in [5.41, 5.74) is 9.00. The van der Waals surface area contributed by atoms with E-state index in [4.69, 9.17) is 12.2 Å². The van der Waals surface area contributed by atoms with Crippen molar-refractivity contribution in [3.63, 3.8) is 0 Å². The van der Waals surface area contributed by atoms with E-state index in [0.717, 1.165) is 22.4 Å². The van der Waals surface area contributed by atoms with Gasteiger partial charge in [-0.3, -0.25) is 0 Å². The van der Waals surface area contributed by atoms with Crippen LogP contribution in [0.1, 0.15) is 22.5 Å². The van der Waals surface area contributed by atoms with Gasteiger partial charge in [-0.15, -0.1) is 0 Å². The highest BCUT2D eigenvalue weighted by atomic mass is 32.1. The lowest BCUT2D eigenvalue weighted by atomic mass is 10.1. The molecular weight excluding hydrogens is 340 g/mol. The van der Waals surface area contributed by atoms with Crippen LogP contribution in [-0.2, 0) is 0 Å². The molecule has 0 saturated heterocycles. The molecule has 0 aliphatic carbocycles. The van der Waals surface area contributed by atoms with Crippen molar-refractivity contribution in [2.75, 3.05) is 10.6 Å². The molecule has 5 heteroatoms. The molecule has 4 rings (SSSR count). The van der Waals surface area contributed by atoms with Crippen molar-refractivity contribution < 1.29 is 0 Å². The summed E-state index contributed by atoms with van der Waals surface area (Å²) in [6.45, 7) is 8.44. The van der Waals surface area contributed by atoms with Gasteiger partial charge in [-0.25, -0.2) is 0 Å². The van der Waals surface area contributed by atoms with E-state index in [0.29, 0.717) is 5.11 Å². The minimum Gasteiger partial charge on any atom is -0.357 e. The Kier molecular flexibility index (Phi) is 3.96. The summed E-state index contributed by atoms with van der Waals surface area (Å²) < 4.78 is 0. The van der Waals surface area contributed by atoms with Crippen molar-refractivity contribution in [3.8, 4) is 0 Å². The van der Waals surface area contributed by atoms with Gasteiger partial charge in [0.25, 0.3) is 0 Å². The predicted molar refractivity (Wildman–Crippen MR) is 115 cm³/mol. The average Bonchev–Trinajstić information content (AvgIpc) is 3.07. The molecule has 2 aromatic heterocycles. The van der Waals surface area contributed by atoms with E-state index in [-0.39, 0.29) is 0 Å². The third-order valence-electron chi connectivity index (χ3n) is 5.18. The molecule has 0 aliphatic heterocycles. The number of benzene rings is 2. The fraction of sp³-hybridized carbons (Fsp3) is 0.190. The molecule has 0 fully saturated rings. The number of aryl methyl sites for hydroxylation is 4. The van der Waals surface area contributed by atoms with Crippen molar-refractivity contribution in [3.05, 3.63) is 58.9 Å². The van der Waals surface area contributed by atoms with Gasteiger partial charge in [0, 0.05) is 22.2 Å². The van der Waals surface area contributed by atoms with Gasteiger partial charge in [-0.2, -0.15) is 0 Å². The molecule has 4 nitrogen and oxygen atoms in total. The molecule has 0 saturated carbocycles. The zero-order valence-corrected chi connectivity index (χ0v) is 16.2. The van der Waals surface area contributed by atoms with Crippen molar-refractivity contribution in [2.24, 2.45) is 0 Å². The highest BCUT2D eigenvalue weighted by Crippen LogP contribution is 2.29. The van der Waals surface area contributed by atoms with Crippen LogP contribution in [0, 0.1) is 27.7 Å². The third-order valence-corrected chi connectivity index (χ3v) is 5.39. The number of H-pyrrole nitrogens is 2. The Morgan fingerprint density at radius 3 is 1.58 bits per heavy atom. The van der Waals surface area contributed by atoms with Crippen LogP contribution in [0.15, 0.2) is 36.4 Å². The molecule has 2 aromatic carbocycles. The predicted octanol–water partition coefficient (Wildman–Crippen LogP) is 5.69. The van der Waals surface area contributed by atoms with E-state index in [1.165, 1.54) is 33.3 Å². The van der Waals surface area contributed by atoms with Gasteiger partial charge < -0.3 is 20.6 Å². The van der Waals surface area contributed by atoms with Crippen molar-refractivity contribution in [2.45, 2.75) is 27.7 Å². The molecule has 0 spiro atoms. The second-order valence-electron chi connectivity index (χ2n) is 6.79. The van der Waals surface area contributed by atoms with Crippen molar-refractivity contribution >= 4 is 50.5 Å². The van der Waals surface area contributed by atoms with Crippen LogP contribution >= 0.6 is 12.2 Å². The lowest BCUT2D eigenvalue weighted by molar-refractivity contribution is 1.25. The lowest BCUT2D eigenvalue weighted by Gasteiger charge is -2.12. The number of hydrogen-bond donors (Lipinski definition) is 4. The van der Waals surface area contributed by atoms with Crippen LogP contribution in [0.4, 0.5) is 11.4 Å². The highest BCUT2D eigenvalue weighted by Gasteiger charge is 2.11. The summed E-state index contributed by atoms with van der Waals surface area (Å²) in [5, 5.41) is 9.67. The molecular formula is C21H22N4S. The number of para-hydroxylation sites is 2. The summed E-state index contributed by atoms with van der Waals surface area (Å²) in [4.78, 5) is 6.90. The fourth-order valence-electron chi connectivity index (χ4n) is 3.45. The SMILES string of the molecule is Cc1[nH]c2c(NC(=S)Nc3cccc4c(C)c(C)[nH]c34)cccc2c1C. The first-order chi connectivity index (χ1) is 12.5. The fourth-order valence-corrected chi connectivity index (χ4v) is 3.67. The first-order valence-electron chi connectivity index (χ1n) is 8.69. The van der Waals surface area contributed by atoms with E-state index in [1.54, 1.807) is 0 Å². The molecule has 0 amide bonds. The highest BCUT2D eigenvalue weighted by molar-refractivity contribution is 7.80. The molecule has 26 heavy (non-hydrogen) atoms. The maximum absolute atomic E-state index is 5.57. The Labute approximate surface area is 158 Å². The maximum atomic E-state index is 5.57. The van der Waals surface area contributed by atoms with Crippen LogP contribution in [0.2, 0.25) is 0 Å². The second-order valence-corrected chi connectivity index (χ2v) is 7.19. The number of thiocarbonyl (C=S) groups is 1. The summed E-state index contributed by atoms with van der Waals surface area (Å²) in [5.74, 6) is 0. The number of anilines is 2. The summed E-state index contributed by atoms with van der Waals surface area (Å²) in [7, 11) is 0. The first kappa shape index (κ1) is 16.7. The number of rotatable bonds is 2. The van der Waals surface area contributed by atoms with Gasteiger partial charge in [0.15, 0.2) is 5.11 Å². The van der Waals surface area contributed by atoms with E-state index >= 15 is 0 Å². The van der Waals surface area contributed by atoms with Gasteiger partial charge in [0.05, 0.1) is 22.4 Å². The Morgan fingerprint density at radius 1 is 0.731 bits per heavy atom. The molecule has 0 aliphatic rings. The number of fused-ring (bicyclic) bond motifs is 2. The van der Waals surface area contributed by atoms with Crippen LogP contribution in [-0.4, -0.2) is 15.1 Å². The third kappa shape index (κ3) is 2.65. The average molecular weight is 363 g/mol. The van der Waals surface area contributed by atoms with Gasteiger partial charge in [-0.05, 0) is 63.2 Å². The second kappa shape index (κ2) is 6.18. The molecule has 4 aromatic rings. The maximum Gasteiger partial charge on any atom is 0.175 e. The summed E-state index contributed by atoms with van der Waals surface area (Å²) in [6, 6.07) is 12.4. The van der Waals surface area contributed by atoms with Crippen LogP contribution in [0.5, 0.6) is 0 Å². The van der Waals surface area contributed by atoms with Gasteiger partial charge >= 0.3 is 0 Å². The minimum absolute atomic E-state index is 0.569. The Morgan fingerprint density at radius 2 is 1.15 bits per heavy atom. The lowest BCUT2D eigenvalue weighted by Crippen LogP contribution is -2.19. The number of hydrogen-bond acceptors (Lipinski definition) is 1. The quantitative estimate of drug-likeness (QED) is 0.346. The molecule has 132 valence electrons. The molecule has 2 heterocycles. The standard InChI is InChI=1S/C21H22N4S/c1-11-13(3)22-19-15(11)7-5-9-17(19)24-21(26)25-18-10-6-8-16-12(2)14(4)23-20(16)18/h5-10,22-23H,1-4H3,(H2,24,25,26). The van der Waals surface area contributed by atoms with Gasteiger partial charge in [0.1, 0.15) is 0 Å². The largest absolute Gasteiger partial charge is 0.357 e. The van der Waals surface area contributed by atoms with E-state index in [1.807, 2.05) is 24.3 Å². The van der Waals surface area contributed by atoms with Crippen LogP contribution < -0.4 is 10.6 Å². The normalized spacial score (nSPS) is 11.2. The monoisotopic (exact) mass is 362 g/mol. The van der Waals surface area contributed by atoms with E-state index < -0.39 is 0 Å².